The van der Waals surface area contributed by atoms with Crippen LogP contribution >= 0.6 is 0 Å². The number of benzene rings is 1. The van der Waals surface area contributed by atoms with Crippen molar-refractivity contribution in [1.82, 2.24) is 20.3 Å². The molecule has 0 radical (unpaired) electrons. The van der Waals surface area contributed by atoms with Crippen molar-refractivity contribution in [3.8, 4) is 5.69 Å². The van der Waals surface area contributed by atoms with Crippen LogP contribution in [-0.4, -0.2) is 32.6 Å². The minimum Gasteiger partial charge on any atom is -0.466 e. The number of aromatic nitrogens is 3. The Morgan fingerprint density at radius 2 is 2.12 bits per heavy atom. The van der Waals surface area contributed by atoms with Gasteiger partial charge < -0.3 is 14.8 Å². The molecule has 1 aromatic carbocycles. The van der Waals surface area contributed by atoms with Gasteiger partial charge in [0.1, 0.15) is 17.2 Å². The lowest BCUT2D eigenvalue weighted by Gasteiger charge is -2.20. The smallest absolute Gasteiger partial charge is 0.273 e. The third-order valence-corrected chi connectivity index (χ3v) is 3.43. The lowest BCUT2D eigenvalue weighted by Crippen LogP contribution is -2.38. The van der Waals surface area contributed by atoms with Gasteiger partial charge in [0.2, 0.25) is 0 Å². The average molecular weight is 330 g/mol. The molecule has 3 rings (SSSR count). The summed E-state index contributed by atoms with van der Waals surface area (Å²) in [6.07, 6.45) is 2.74. The molecule has 3 aromatic rings. The molecular formula is C16H15FN4O3. The highest BCUT2D eigenvalue weighted by molar-refractivity contribution is 5.91. The molecule has 24 heavy (non-hydrogen) atoms. The maximum absolute atomic E-state index is 12.9. The van der Waals surface area contributed by atoms with Gasteiger partial charge in [-0.3, -0.25) is 4.79 Å². The fourth-order valence-electron chi connectivity index (χ4n) is 2.08. The van der Waals surface area contributed by atoms with Crippen LogP contribution in [0.3, 0.4) is 0 Å². The minimum atomic E-state index is -1.34. The van der Waals surface area contributed by atoms with E-state index >= 15 is 0 Å². The first-order valence-corrected chi connectivity index (χ1v) is 7.18. The highest BCUT2D eigenvalue weighted by Crippen LogP contribution is 2.19. The summed E-state index contributed by atoms with van der Waals surface area (Å²) in [5.41, 5.74) is -0.737. The Morgan fingerprint density at radius 1 is 1.38 bits per heavy atom. The van der Waals surface area contributed by atoms with E-state index in [1.165, 1.54) is 48.4 Å². The molecule has 1 atom stereocenters. The van der Waals surface area contributed by atoms with Crippen LogP contribution in [0.1, 0.15) is 23.2 Å². The lowest BCUT2D eigenvalue weighted by molar-refractivity contribution is 0.0329. The largest absolute Gasteiger partial charge is 0.466 e. The Labute approximate surface area is 136 Å². The zero-order chi connectivity index (χ0) is 17.2. The third kappa shape index (κ3) is 3.33. The molecule has 0 aliphatic rings. The first kappa shape index (κ1) is 15.9. The first-order chi connectivity index (χ1) is 11.5. The van der Waals surface area contributed by atoms with E-state index in [4.69, 9.17) is 4.42 Å². The Balaban J connectivity index is 1.67. The Morgan fingerprint density at radius 3 is 2.79 bits per heavy atom. The summed E-state index contributed by atoms with van der Waals surface area (Å²) in [6, 6.07) is 8.83. The van der Waals surface area contributed by atoms with E-state index in [0.29, 0.717) is 11.4 Å². The van der Waals surface area contributed by atoms with Crippen LogP contribution < -0.4 is 5.32 Å². The van der Waals surface area contributed by atoms with E-state index in [-0.39, 0.29) is 18.1 Å². The Hall–Kier alpha value is -3.00. The van der Waals surface area contributed by atoms with Gasteiger partial charge in [0.05, 0.1) is 24.7 Å². The van der Waals surface area contributed by atoms with Crippen LogP contribution in [0, 0.1) is 5.82 Å². The second-order valence-electron chi connectivity index (χ2n) is 5.43. The summed E-state index contributed by atoms with van der Waals surface area (Å²) in [6.45, 7) is 1.48. The predicted octanol–water partition coefficient (Wildman–Crippen LogP) is 1.64. The molecular weight excluding hydrogens is 315 g/mol. The molecule has 0 saturated heterocycles. The summed E-state index contributed by atoms with van der Waals surface area (Å²) in [7, 11) is 0. The topological polar surface area (TPSA) is 93.2 Å². The van der Waals surface area contributed by atoms with Crippen LogP contribution in [0.25, 0.3) is 5.69 Å². The second-order valence-corrected chi connectivity index (χ2v) is 5.43. The number of amides is 1. The van der Waals surface area contributed by atoms with E-state index in [1.807, 2.05) is 0 Å². The SMILES string of the molecule is CC(O)(CNC(=O)c1cnn(-c2ccc(F)cc2)n1)c1ccco1. The monoisotopic (exact) mass is 330 g/mol. The predicted molar refractivity (Wildman–Crippen MR) is 81.9 cm³/mol. The van der Waals surface area contributed by atoms with Gasteiger partial charge in [-0.25, -0.2) is 4.39 Å². The van der Waals surface area contributed by atoms with Gasteiger partial charge in [0.25, 0.3) is 5.91 Å². The summed E-state index contributed by atoms with van der Waals surface area (Å²) in [5, 5.41) is 20.9. The van der Waals surface area contributed by atoms with Crippen LogP contribution in [0.2, 0.25) is 0 Å². The number of nitrogens with zero attached hydrogens (tertiary/aromatic N) is 3. The first-order valence-electron chi connectivity index (χ1n) is 7.18. The number of carbonyl (C=O) groups is 1. The number of carbonyl (C=O) groups excluding carboxylic acids is 1. The van der Waals surface area contributed by atoms with E-state index in [1.54, 1.807) is 12.1 Å². The molecule has 7 nitrogen and oxygen atoms in total. The lowest BCUT2D eigenvalue weighted by atomic mass is 10.0. The number of hydrogen-bond acceptors (Lipinski definition) is 5. The summed E-state index contributed by atoms with van der Waals surface area (Å²) >= 11 is 0. The van der Waals surface area contributed by atoms with Crippen molar-refractivity contribution in [2.45, 2.75) is 12.5 Å². The van der Waals surface area contributed by atoms with Gasteiger partial charge >= 0.3 is 0 Å². The van der Waals surface area contributed by atoms with Gasteiger partial charge in [-0.2, -0.15) is 9.90 Å². The summed E-state index contributed by atoms with van der Waals surface area (Å²) < 4.78 is 18.1. The van der Waals surface area contributed by atoms with Crippen LogP contribution in [-0.2, 0) is 5.60 Å². The molecule has 2 heterocycles. The number of nitrogens with one attached hydrogen (secondary N) is 1. The molecule has 0 bridgehead atoms. The molecule has 2 N–H and O–H groups in total. The Kier molecular flexibility index (Phi) is 4.13. The number of hydrogen-bond donors (Lipinski definition) is 2. The molecule has 124 valence electrons. The molecule has 0 aliphatic carbocycles. The van der Waals surface area contributed by atoms with Gasteiger partial charge in [-0.1, -0.05) is 0 Å². The molecule has 1 amide bonds. The molecule has 0 spiro atoms. The van der Waals surface area contributed by atoms with E-state index < -0.39 is 11.5 Å². The number of halogens is 1. The van der Waals surface area contributed by atoms with Crippen molar-refractivity contribution >= 4 is 5.91 Å². The number of rotatable bonds is 5. The van der Waals surface area contributed by atoms with Crippen molar-refractivity contribution in [2.24, 2.45) is 0 Å². The molecule has 0 fully saturated rings. The van der Waals surface area contributed by atoms with Crippen LogP contribution in [0.4, 0.5) is 4.39 Å². The van der Waals surface area contributed by atoms with Crippen molar-refractivity contribution in [3.05, 3.63) is 66.1 Å². The fourth-order valence-corrected chi connectivity index (χ4v) is 2.08. The standard InChI is InChI=1S/C16H15FN4O3/c1-16(23,14-3-2-8-24-14)10-18-15(22)13-9-19-21(20-13)12-6-4-11(17)5-7-12/h2-9,23H,10H2,1H3,(H,18,22). The molecule has 2 aromatic heterocycles. The van der Waals surface area contributed by atoms with Crippen LogP contribution in [0.5, 0.6) is 0 Å². The average Bonchev–Trinajstić information content (AvgIpc) is 3.25. The molecule has 8 heteroatoms. The fraction of sp³-hybridized carbons (Fsp3) is 0.188. The molecule has 1 unspecified atom stereocenters. The van der Waals surface area contributed by atoms with Crippen molar-refractivity contribution in [2.75, 3.05) is 6.54 Å². The number of furan rings is 1. The summed E-state index contributed by atoms with van der Waals surface area (Å²) in [4.78, 5) is 13.4. The van der Waals surface area contributed by atoms with Crippen molar-refractivity contribution < 1.29 is 18.7 Å². The van der Waals surface area contributed by atoms with Crippen molar-refractivity contribution in [1.29, 1.82) is 0 Å². The maximum Gasteiger partial charge on any atom is 0.273 e. The van der Waals surface area contributed by atoms with Gasteiger partial charge in [-0.05, 0) is 43.3 Å². The molecule has 0 aliphatic heterocycles. The maximum atomic E-state index is 12.9. The second kappa shape index (κ2) is 6.25. The van der Waals surface area contributed by atoms with E-state index in [9.17, 15) is 14.3 Å². The zero-order valence-electron chi connectivity index (χ0n) is 12.8. The Bertz CT molecular complexity index is 825. The number of aliphatic hydroxyl groups is 1. The van der Waals surface area contributed by atoms with Gasteiger partial charge in [-0.15, -0.1) is 5.10 Å². The van der Waals surface area contributed by atoms with E-state index in [0.717, 1.165) is 0 Å². The highest BCUT2D eigenvalue weighted by Gasteiger charge is 2.27. The van der Waals surface area contributed by atoms with Gasteiger partial charge in [0, 0.05) is 0 Å². The summed E-state index contributed by atoms with van der Waals surface area (Å²) in [5.74, 6) is -0.517. The normalized spacial score (nSPS) is 13.5. The highest BCUT2D eigenvalue weighted by atomic mass is 19.1. The van der Waals surface area contributed by atoms with Crippen LogP contribution in [0.15, 0.2) is 53.3 Å². The van der Waals surface area contributed by atoms with Gasteiger partial charge in [0.15, 0.2) is 5.69 Å². The minimum absolute atomic E-state index is 0.0528. The zero-order valence-corrected chi connectivity index (χ0v) is 12.8. The quantitative estimate of drug-likeness (QED) is 0.742. The molecule has 0 saturated carbocycles. The third-order valence-electron chi connectivity index (χ3n) is 3.43. The van der Waals surface area contributed by atoms with Crippen molar-refractivity contribution in [3.63, 3.8) is 0 Å². The van der Waals surface area contributed by atoms with E-state index in [2.05, 4.69) is 15.5 Å².